The molecule has 0 amide bonds. The van der Waals surface area contributed by atoms with E-state index in [0.29, 0.717) is 5.56 Å². The SMILES string of the molecule is CC(N)(c1nc(-c2ccc(F)c(Br)c2)no1)C(F)(F)F. The third-order valence-electron chi connectivity index (χ3n) is 2.64. The lowest BCUT2D eigenvalue weighted by Gasteiger charge is -2.22. The van der Waals surface area contributed by atoms with Gasteiger partial charge in [-0.3, -0.25) is 0 Å². The van der Waals surface area contributed by atoms with Crippen LogP contribution in [0.2, 0.25) is 0 Å². The smallest absolute Gasteiger partial charge is 0.337 e. The van der Waals surface area contributed by atoms with Crippen LogP contribution in [-0.2, 0) is 5.54 Å². The molecule has 2 aromatic rings. The molecule has 0 aliphatic carbocycles. The van der Waals surface area contributed by atoms with Crippen molar-refractivity contribution >= 4 is 15.9 Å². The quantitative estimate of drug-likeness (QED) is 0.840. The zero-order chi connectivity index (χ0) is 15.1. The van der Waals surface area contributed by atoms with E-state index in [-0.39, 0.29) is 10.3 Å². The van der Waals surface area contributed by atoms with Crippen molar-refractivity contribution in [1.29, 1.82) is 0 Å². The molecule has 4 nitrogen and oxygen atoms in total. The first-order valence-corrected chi connectivity index (χ1v) is 6.07. The second-order valence-corrected chi connectivity index (χ2v) is 5.11. The minimum Gasteiger partial charge on any atom is -0.337 e. The highest BCUT2D eigenvalue weighted by molar-refractivity contribution is 9.10. The van der Waals surface area contributed by atoms with Gasteiger partial charge >= 0.3 is 6.18 Å². The molecule has 0 radical (unpaired) electrons. The Morgan fingerprint density at radius 2 is 1.95 bits per heavy atom. The normalized spacial score (nSPS) is 15.2. The van der Waals surface area contributed by atoms with Crippen molar-refractivity contribution < 1.29 is 22.1 Å². The van der Waals surface area contributed by atoms with Crippen LogP contribution >= 0.6 is 15.9 Å². The van der Waals surface area contributed by atoms with E-state index >= 15 is 0 Å². The molecule has 1 unspecified atom stereocenters. The van der Waals surface area contributed by atoms with E-state index in [4.69, 9.17) is 5.73 Å². The summed E-state index contributed by atoms with van der Waals surface area (Å²) in [7, 11) is 0. The third kappa shape index (κ3) is 2.55. The molecule has 0 saturated heterocycles. The number of hydrogen-bond acceptors (Lipinski definition) is 4. The van der Waals surface area contributed by atoms with Gasteiger partial charge in [0.1, 0.15) is 5.82 Å². The monoisotopic (exact) mass is 353 g/mol. The maximum absolute atomic E-state index is 13.1. The molecule has 0 aliphatic rings. The first kappa shape index (κ1) is 14.9. The highest BCUT2D eigenvalue weighted by atomic mass is 79.9. The summed E-state index contributed by atoms with van der Waals surface area (Å²) in [6.45, 7) is 0.727. The van der Waals surface area contributed by atoms with E-state index in [9.17, 15) is 17.6 Å². The Balaban J connectivity index is 2.41. The van der Waals surface area contributed by atoms with Gasteiger partial charge in [0.2, 0.25) is 5.82 Å². The molecule has 108 valence electrons. The van der Waals surface area contributed by atoms with E-state index in [1.807, 2.05) is 0 Å². The van der Waals surface area contributed by atoms with Crippen LogP contribution in [0, 0.1) is 5.82 Å². The number of alkyl halides is 3. The van der Waals surface area contributed by atoms with Crippen LogP contribution in [0.4, 0.5) is 17.6 Å². The Bertz CT molecular complexity index is 639. The Morgan fingerprint density at radius 3 is 2.50 bits per heavy atom. The molecule has 1 heterocycles. The van der Waals surface area contributed by atoms with E-state index in [0.717, 1.165) is 13.0 Å². The number of benzene rings is 1. The summed E-state index contributed by atoms with van der Waals surface area (Å²) >= 11 is 2.96. The Labute approximate surface area is 119 Å². The van der Waals surface area contributed by atoms with Gasteiger partial charge in [-0.1, -0.05) is 5.16 Å². The average molecular weight is 354 g/mol. The van der Waals surface area contributed by atoms with Crippen molar-refractivity contribution in [2.45, 2.75) is 18.6 Å². The molecule has 0 fully saturated rings. The highest BCUT2D eigenvalue weighted by Gasteiger charge is 2.53. The minimum atomic E-state index is -4.74. The lowest BCUT2D eigenvalue weighted by Crippen LogP contribution is -2.47. The van der Waals surface area contributed by atoms with Gasteiger partial charge in [0.25, 0.3) is 5.89 Å². The Morgan fingerprint density at radius 1 is 1.30 bits per heavy atom. The lowest BCUT2D eigenvalue weighted by molar-refractivity contribution is -0.190. The third-order valence-corrected chi connectivity index (χ3v) is 3.24. The van der Waals surface area contributed by atoms with Crippen molar-refractivity contribution in [1.82, 2.24) is 10.1 Å². The van der Waals surface area contributed by atoms with Crippen LogP contribution in [0.5, 0.6) is 0 Å². The number of nitrogens with two attached hydrogens (primary N) is 1. The zero-order valence-electron chi connectivity index (χ0n) is 10.0. The molecule has 2 N–H and O–H groups in total. The molecular formula is C11H8BrF4N3O. The Kier molecular flexibility index (Phi) is 3.59. The summed E-state index contributed by atoms with van der Waals surface area (Å²) < 4.78 is 56.0. The summed E-state index contributed by atoms with van der Waals surface area (Å²) in [6.07, 6.45) is -4.74. The summed E-state index contributed by atoms with van der Waals surface area (Å²) in [5, 5.41) is 3.43. The van der Waals surface area contributed by atoms with Gasteiger partial charge in [0.05, 0.1) is 4.47 Å². The molecule has 1 aromatic carbocycles. The summed E-state index contributed by atoms with van der Waals surface area (Å²) in [6, 6.07) is 3.77. The van der Waals surface area contributed by atoms with E-state index in [1.165, 1.54) is 12.1 Å². The van der Waals surface area contributed by atoms with Crippen molar-refractivity contribution in [2.24, 2.45) is 5.73 Å². The van der Waals surface area contributed by atoms with Gasteiger partial charge in [-0.2, -0.15) is 18.2 Å². The fraction of sp³-hybridized carbons (Fsp3) is 0.273. The molecule has 2 rings (SSSR count). The topological polar surface area (TPSA) is 64.9 Å². The number of nitrogens with zero attached hydrogens (tertiary/aromatic N) is 2. The predicted octanol–water partition coefficient (Wildman–Crippen LogP) is 3.37. The second kappa shape index (κ2) is 4.81. The van der Waals surface area contributed by atoms with Crippen LogP contribution in [0.25, 0.3) is 11.4 Å². The second-order valence-electron chi connectivity index (χ2n) is 4.25. The van der Waals surface area contributed by atoms with E-state index < -0.39 is 23.4 Å². The molecule has 1 aromatic heterocycles. The van der Waals surface area contributed by atoms with Gasteiger partial charge in [-0.25, -0.2) is 4.39 Å². The van der Waals surface area contributed by atoms with Gasteiger partial charge in [-0.15, -0.1) is 0 Å². The van der Waals surface area contributed by atoms with Crippen molar-refractivity contribution in [3.05, 3.63) is 34.4 Å². The lowest BCUT2D eigenvalue weighted by atomic mass is 10.0. The van der Waals surface area contributed by atoms with Crippen molar-refractivity contribution in [3.63, 3.8) is 0 Å². The van der Waals surface area contributed by atoms with Gasteiger partial charge in [0, 0.05) is 5.56 Å². The highest BCUT2D eigenvalue weighted by Crippen LogP contribution is 2.36. The maximum atomic E-state index is 13.1. The number of halogens is 5. The molecule has 1 atom stereocenters. The molecular weight excluding hydrogens is 346 g/mol. The van der Waals surface area contributed by atoms with Gasteiger partial charge < -0.3 is 10.3 Å². The average Bonchev–Trinajstić information content (AvgIpc) is 2.81. The summed E-state index contributed by atoms with van der Waals surface area (Å²) in [5.74, 6) is -1.39. The fourth-order valence-electron chi connectivity index (χ4n) is 1.31. The van der Waals surface area contributed by atoms with Crippen molar-refractivity contribution in [3.8, 4) is 11.4 Å². The van der Waals surface area contributed by atoms with E-state index in [1.54, 1.807) is 0 Å². The van der Waals surface area contributed by atoms with Crippen LogP contribution < -0.4 is 5.73 Å². The molecule has 20 heavy (non-hydrogen) atoms. The van der Waals surface area contributed by atoms with Crippen LogP contribution in [0.1, 0.15) is 12.8 Å². The van der Waals surface area contributed by atoms with Gasteiger partial charge in [0.15, 0.2) is 5.54 Å². The Hall–Kier alpha value is -1.48. The fourth-order valence-corrected chi connectivity index (χ4v) is 1.69. The number of hydrogen-bond donors (Lipinski definition) is 1. The van der Waals surface area contributed by atoms with Crippen LogP contribution in [-0.4, -0.2) is 16.3 Å². The summed E-state index contributed by atoms with van der Waals surface area (Å²) in [4.78, 5) is 3.62. The summed E-state index contributed by atoms with van der Waals surface area (Å²) in [5.41, 5.74) is 2.71. The standard InChI is InChI=1S/C11H8BrF4N3O/c1-10(17,11(14,15)16)9-18-8(19-20-9)5-2-3-7(13)6(12)4-5/h2-4H,17H2,1H3. The first-order valence-electron chi connectivity index (χ1n) is 5.28. The van der Waals surface area contributed by atoms with Gasteiger partial charge in [-0.05, 0) is 41.1 Å². The van der Waals surface area contributed by atoms with Crippen LogP contribution in [0.15, 0.2) is 27.2 Å². The molecule has 0 saturated carbocycles. The van der Waals surface area contributed by atoms with Crippen molar-refractivity contribution in [2.75, 3.05) is 0 Å². The minimum absolute atomic E-state index is 0.110. The number of rotatable bonds is 2. The van der Waals surface area contributed by atoms with E-state index in [2.05, 4.69) is 30.6 Å². The molecule has 9 heteroatoms. The first-order chi connectivity index (χ1) is 9.13. The molecule has 0 spiro atoms. The molecule has 0 bridgehead atoms. The zero-order valence-corrected chi connectivity index (χ0v) is 11.6. The molecule has 0 aliphatic heterocycles. The maximum Gasteiger partial charge on any atom is 0.415 e. The number of aromatic nitrogens is 2. The largest absolute Gasteiger partial charge is 0.415 e. The van der Waals surface area contributed by atoms with Crippen LogP contribution in [0.3, 0.4) is 0 Å². The predicted molar refractivity (Wildman–Crippen MR) is 65.0 cm³/mol.